The second kappa shape index (κ2) is 12.3. The summed E-state index contributed by atoms with van der Waals surface area (Å²) in [5, 5.41) is 5.50. The van der Waals surface area contributed by atoms with Gasteiger partial charge < -0.3 is 20.3 Å². The Kier molecular flexibility index (Phi) is 9.39. The maximum absolute atomic E-state index is 14.2. The monoisotopic (exact) mass is 507 g/mol. The van der Waals surface area contributed by atoms with Crippen LogP contribution in [0, 0.1) is 23.5 Å². The van der Waals surface area contributed by atoms with Gasteiger partial charge in [-0.1, -0.05) is 38.8 Å². The average molecular weight is 508 g/mol. The van der Waals surface area contributed by atoms with E-state index in [2.05, 4.69) is 10.6 Å². The number of methoxy groups -OCH3 is 1. The van der Waals surface area contributed by atoms with Gasteiger partial charge in [0.1, 0.15) is 12.1 Å². The van der Waals surface area contributed by atoms with Crippen LogP contribution in [0.1, 0.15) is 64.4 Å². The molecule has 3 rings (SSSR count). The van der Waals surface area contributed by atoms with Crippen molar-refractivity contribution in [3.8, 4) is 0 Å². The number of amides is 3. The molecule has 10 heteroatoms. The van der Waals surface area contributed by atoms with Gasteiger partial charge in [0.15, 0.2) is 11.6 Å². The van der Waals surface area contributed by atoms with Gasteiger partial charge in [-0.15, -0.1) is 0 Å². The van der Waals surface area contributed by atoms with Crippen LogP contribution < -0.4 is 10.6 Å². The third-order valence-corrected chi connectivity index (χ3v) is 6.67. The summed E-state index contributed by atoms with van der Waals surface area (Å²) >= 11 is 0. The summed E-state index contributed by atoms with van der Waals surface area (Å²) < 4.78 is 32.6. The molecular formula is C26H35F2N3O5. The second-order valence-electron chi connectivity index (χ2n) is 10.1. The SMILES string of the molecule is COC(=O)[C@H](CC(C)C)NC(=O)[C@H](CC1CC1)NC(=O)C[C@@H]1CCC(=O)N1Cc1cccc(F)c1F. The number of nitrogens with zero attached hydrogens (tertiary/aromatic N) is 1. The van der Waals surface area contributed by atoms with E-state index in [0.29, 0.717) is 25.2 Å². The first kappa shape index (κ1) is 27.5. The third-order valence-electron chi connectivity index (χ3n) is 6.67. The molecule has 1 saturated heterocycles. The van der Waals surface area contributed by atoms with E-state index in [-0.39, 0.29) is 36.8 Å². The van der Waals surface area contributed by atoms with E-state index in [0.717, 1.165) is 18.9 Å². The van der Waals surface area contributed by atoms with Gasteiger partial charge in [0, 0.05) is 31.0 Å². The standard InChI is InChI=1S/C26H35F2N3O5/c1-15(2)11-21(26(35)36-3)30-25(34)20(12-16-7-8-16)29-22(32)13-18-9-10-23(33)31(18)14-17-5-4-6-19(27)24(17)28/h4-6,15-16,18,20-21H,7-14H2,1-3H3,(H,29,32)(H,30,34)/t18-,20-,21-/m0/s1. The first-order valence-corrected chi connectivity index (χ1v) is 12.5. The largest absolute Gasteiger partial charge is 0.467 e. The Morgan fingerprint density at radius 1 is 1.11 bits per heavy atom. The number of ether oxygens (including phenoxy) is 1. The smallest absolute Gasteiger partial charge is 0.328 e. The van der Waals surface area contributed by atoms with E-state index in [9.17, 15) is 28.0 Å². The van der Waals surface area contributed by atoms with Crippen molar-refractivity contribution in [2.45, 2.75) is 83.5 Å². The Morgan fingerprint density at radius 2 is 1.83 bits per heavy atom. The van der Waals surface area contributed by atoms with Crippen LogP contribution in [0.2, 0.25) is 0 Å². The van der Waals surface area contributed by atoms with Gasteiger partial charge in [-0.25, -0.2) is 13.6 Å². The summed E-state index contributed by atoms with van der Waals surface area (Å²) in [6.45, 7) is 3.72. The molecule has 1 aliphatic heterocycles. The molecule has 0 spiro atoms. The molecule has 0 radical (unpaired) electrons. The van der Waals surface area contributed by atoms with Gasteiger partial charge in [0.2, 0.25) is 17.7 Å². The van der Waals surface area contributed by atoms with Crippen molar-refractivity contribution in [1.82, 2.24) is 15.5 Å². The van der Waals surface area contributed by atoms with E-state index in [1.807, 2.05) is 13.8 Å². The minimum Gasteiger partial charge on any atom is -0.467 e. The maximum atomic E-state index is 14.2. The predicted molar refractivity (Wildman–Crippen MR) is 127 cm³/mol. The van der Waals surface area contributed by atoms with Crippen LogP contribution in [-0.4, -0.2) is 53.8 Å². The Balaban J connectivity index is 1.64. The van der Waals surface area contributed by atoms with Crippen LogP contribution in [0.5, 0.6) is 0 Å². The van der Waals surface area contributed by atoms with Crippen molar-refractivity contribution in [2.24, 2.45) is 11.8 Å². The highest BCUT2D eigenvalue weighted by molar-refractivity contribution is 5.91. The number of hydrogen-bond acceptors (Lipinski definition) is 5. The van der Waals surface area contributed by atoms with Crippen LogP contribution in [0.4, 0.5) is 8.78 Å². The molecule has 36 heavy (non-hydrogen) atoms. The normalized spacial score (nSPS) is 19.2. The summed E-state index contributed by atoms with van der Waals surface area (Å²) in [7, 11) is 1.26. The van der Waals surface area contributed by atoms with E-state index >= 15 is 0 Å². The fourth-order valence-electron chi connectivity index (χ4n) is 4.56. The Morgan fingerprint density at radius 3 is 2.47 bits per heavy atom. The summed E-state index contributed by atoms with van der Waals surface area (Å²) in [5.74, 6) is -3.20. The molecule has 2 fully saturated rings. The van der Waals surface area contributed by atoms with E-state index in [4.69, 9.17) is 4.74 Å². The molecule has 3 atom stereocenters. The summed E-state index contributed by atoms with van der Waals surface area (Å²) in [4.78, 5) is 51.9. The van der Waals surface area contributed by atoms with Gasteiger partial charge in [0.05, 0.1) is 7.11 Å². The molecular weight excluding hydrogens is 472 g/mol. The highest BCUT2D eigenvalue weighted by Crippen LogP contribution is 2.34. The minimum absolute atomic E-state index is 0.0423. The molecule has 0 bridgehead atoms. The van der Waals surface area contributed by atoms with Crippen molar-refractivity contribution >= 4 is 23.7 Å². The average Bonchev–Trinajstić information content (AvgIpc) is 3.58. The number of benzene rings is 1. The maximum Gasteiger partial charge on any atom is 0.328 e. The van der Waals surface area contributed by atoms with Gasteiger partial charge in [-0.2, -0.15) is 0 Å². The molecule has 0 aromatic heterocycles. The van der Waals surface area contributed by atoms with Crippen molar-refractivity contribution < 1.29 is 32.7 Å². The Bertz CT molecular complexity index is 982. The molecule has 1 aliphatic carbocycles. The summed E-state index contributed by atoms with van der Waals surface area (Å²) in [6, 6.07) is 1.66. The summed E-state index contributed by atoms with van der Waals surface area (Å²) in [6.07, 6.45) is 3.33. The van der Waals surface area contributed by atoms with Gasteiger partial charge in [-0.05, 0) is 37.2 Å². The van der Waals surface area contributed by atoms with Crippen molar-refractivity contribution in [3.63, 3.8) is 0 Å². The Hall–Kier alpha value is -3.04. The zero-order chi connectivity index (χ0) is 26.4. The minimum atomic E-state index is -1.01. The molecule has 2 aliphatic rings. The lowest BCUT2D eigenvalue weighted by Gasteiger charge is -2.26. The molecule has 1 saturated carbocycles. The molecule has 198 valence electrons. The first-order chi connectivity index (χ1) is 17.1. The van der Waals surface area contributed by atoms with Crippen molar-refractivity contribution in [3.05, 3.63) is 35.4 Å². The fraction of sp³-hybridized carbons (Fsp3) is 0.615. The second-order valence-corrected chi connectivity index (χ2v) is 10.1. The number of hydrogen-bond donors (Lipinski definition) is 2. The number of carbonyl (C=O) groups excluding carboxylic acids is 4. The lowest BCUT2D eigenvalue weighted by Crippen LogP contribution is -2.52. The number of likely N-dealkylation sites (tertiary alicyclic amines) is 1. The van der Waals surface area contributed by atoms with E-state index < -0.39 is 47.5 Å². The number of halogens is 2. The van der Waals surface area contributed by atoms with Gasteiger partial charge in [0.25, 0.3) is 0 Å². The number of esters is 1. The highest BCUT2D eigenvalue weighted by atomic mass is 19.2. The van der Waals surface area contributed by atoms with Crippen LogP contribution >= 0.6 is 0 Å². The molecule has 8 nitrogen and oxygen atoms in total. The number of nitrogens with one attached hydrogen (secondary N) is 2. The van der Waals surface area contributed by atoms with Gasteiger partial charge in [-0.3, -0.25) is 14.4 Å². The topological polar surface area (TPSA) is 105 Å². The lowest BCUT2D eigenvalue weighted by atomic mass is 10.0. The first-order valence-electron chi connectivity index (χ1n) is 12.5. The third kappa shape index (κ3) is 7.48. The Labute approximate surface area is 210 Å². The predicted octanol–water partition coefficient (Wildman–Crippen LogP) is 2.83. The lowest BCUT2D eigenvalue weighted by molar-refractivity contribution is -0.145. The number of rotatable bonds is 12. The highest BCUT2D eigenvalue weighted by Gasteiger charge is 2.36. The zero-order valence-electron chi connectivity index (χ0n) is 21.0. The molecule has 3 amide bonds. The van der Waals surface area contributed by atoms with Crippen LogP contribution in [0.15, 0.2) is 18.2 Å². The molecule has 0 unspecified atom stereocenters. The van der Waals surface area contributed by atoms with E-state index in [1.54, 1.807) is 0 Å². The summed E-state index contributed by atoms with van der Waals surface area (Å²) in [5.41, 5.74) is 0.0423. The zero-order valence-corrected chi connectivity index (χ0v) is 21.0. The quantitative estimate of drug-likeness (QED) is 0.424. The molecule has 1 aromatic rings. The van der Waals surface area contributed by atoms with Crippen LogP contribution in [-0.2, 0) is 30.5 Å². The van der Waals surface area contributed by atoms with Crippen LogP contribution in [0.25, 0.3) is 0 Å². The molecule has 1 heterocycles. The number of carbonyl (C=O) groups is 4. The fourth-order valence-corrected chi connectivity index (χ4v) is 4.56. The van der Waals surface area contributed by atoms with Crippen molar-refractivity contribution in [1.29, 1.82) is 0 Å². The van der Waals surface area contributed by atoms with Crippen LogP contribution in [0.3, 0.4) is 0 Å². The molecule has 1 aromatic carbocycles. The van der Waals surface area contributed by atoms with Crippen molar-refractivity contribution in [2.75, 3.05) is 7.11 Å². The molecule has 2 N–H and O–H groups in total. The van der Waals surface area contributed by atoms with Gasteiger partial charge >= 0.3 is 5.97 Å². The van der Waals surface area contributed by atoms with E-state index in [1.165, 1.54) is 24.1 Å².